The maximum Gasteiger partial charge on any atom is 0.272 e. The SMILES string of the molecule is CN(C)c1cc(C#N)cc(-c2nc(-c3cnc(OCC(F)F)cn3)no2)c1. The summed E-state index contributed by atoms with van der Waals surface area (Å²) in [6.45, 7) is -0.760. The molecule has 0 spiro atoms. The molecule has 8 nitrogen and oxygen atoms in total. The first-order valence-electron chi connectivity index (χ1n) is 7.76. The summed E-state index contributed by atoms with van der Waals surface area (Å²) in [5.74, 6) is 0.358. The van der Waals surface area contributed by atoms with Gasteiger partial charge in [-0.05, 0) is 18.2 Å². The van der Waals surface area contributed by atoms with E-state index in [0.29, 0.717) is 16.8 Å². The fourth-order valence-electron chi connectivity index (χ4n) is 2.16. The molecule has 10 heteroatoms. The zero-order valence-corrected chi connectivity index (χ0v) is 14.4. The molecule has 3 rings (SSSR count). The predicted molar refractivity (Wildman–Crippen MR) is 91.3 cm³/mol. The minimum absolute atomic E-state index is 0.0277. The first-order chi connectivity index (χ1) is 13.0. The zero-order chi connectivity index (χ0) is 19.4. The number of ether oxygens (including phenoxy) is 1. The molecule has 0 fully saturated rings. The standard InChI is InChI=1S/C17H14F2N6O2/c1-25(2)12-4-10(6-20)3-11(5-12)17-23-16(24-27-17)13-7-22-15(8-21-13)26-9-14(18)19/h3-5,7-8,14H,9H2,1-2H3. The Bertz CT molecular complexity index is 966. The summed E-state index contributed by atoms with van der Waals surface area (Å²) in [6.07, 6.45) is -0.0944. The summed E-state index contributed by atoms with van der Waals surface area (Å²) in [7, 11) is 3.71. The molecule has 138 valence electrons. The van der Waals surface area contributed by atoms with E-state index in [4.69, 9.17) is 9.26 Å². The van der Waals surface area contributed by atoms with E-state index in [1.165, 1.54) is 12.4 Å². The topological polar surface area (TPSA) is 101 Å². The lowest BCUT2D eigenvalue weighted by Gasteiger charge is -2.13. The van der Waals surface area contributed by atoms with Crippen LogP contribution in [0.5, 0.6) is 5.88 Å². The van der Waals surface area contributed by atoms with Gasteiger partial charge in [0.25, 0.3) is 12.3 Å². The van der Waals surface area contributed by atoms with Gasteiger partial charge in [-0.3, -0.25) is 0 Å². The van der Waals surface area contributed by atoms with Gasteiger partial charge in [-0.15, -0.1) is 0 Å². The van der Waals surface area contributed by atoms with Crippen molar-refractivity contribution in [3.63, 3.8) is 0 Å². The monoisotopic (exact) mass is 372 g/mol. The van der Waals surface area contributed by atoms with Crippen molar-refractivity contribution in [3.8, 4) is 34.9 Å². The van der Waals surface area contributed by atoms with E-state index < -0.39 is 13.0 Å². The second-order valence-electron chi connectivity index (χ2n) is 5.64. The lowest BCUT2D eigenvalue weighted by Crippen LogP contribution is -2.08. The number of hydrogen-bond acceptors (Lipinski definition) is 8. The molecule has 1 aromatic carbocycles. The van der Waals surface area contributed by atoms with Gasteiger partial charge in [0, 0.05) is 25.3 Å². The van der Waals surface area contributed by atoms with Gasteiger partial charge in [0.15, 0.2) is 6.61 Å². The molecule has 0 aliphatic carbocycles. The van der Waals surface area contributed by atoms with Crippen LogP contribution < -0.4 is 9.64 Å². The molecule has 0 N–H and O–H groups in total. The Morgan fingerprint density at radius 1 is 1.22 bits per heavy atom. The first-order valence-corrected chi connectivity index (χ1v) is 7.76. The van der Waals surface area contributed by atoms with E-state index >= 15 is 0 Å². The molecule has 0 aliphatic heterocycles. The Kier molecular flexibility index (Phi) is 5.21. The van der Waals surface area contributed by atoms with E-state index in [1.54, 1.807) is 12.1 Å². The third-order valence-electron chi connectivity index (χ3n) is 3.45. The van der Waals surface area contributed by atoms with Crippen molar-refractivity contribution in [1.29, 1.82) is 5.26 Å². The average molecular weight is 372 g/mol. The third-order valence-corrected chi connectivity index (χ3v) is 3.45. The normalized spacial score (nSPS) is 10.7. The molecule has 0 saturated carbocycles. The fraction of sp³-hybridized carbons (Fsp3) is 0.235. The molecule has 0 aliphatic rings. The van der Waals surface area contributed by atoms with Crippen LogP contribution in [0.2, 0.25) is 0 Å². The molecule has 0 bridgehead atoms. The zero-order valence-electron chi connectivity index (χ0n) is 14.4. The number of nitrogens with zero attached hydrogens (tertiary/aromatic N) is 6. The molecule has 0 amide bonds. The number of alkyl halides is 2. The molecule has 27 heavy (non-hydrogen) atoms. The Labute approximate surface area is 153 Å². The molecule has 0 unspecified atom stereocenters. The van der Waals surface area contributed by atoms with Gasteiger partial charge in [0.2, 0.25) is 11.7 Å². The third kappa shape index (κ3) is 4.33. The van der Waals surface area contributed by atoms with E-state index in [0.717, 1.165) is 5.69 Å². The predicted octanol–water partition coefficient (Wildman–Crippen LogP) is 2.78. The average Bonchev–Trinajstić information content (AvgIpc) is 3.16. The first kappa shape index (κ1) is 18.2. The minimum atomic E-state index is -2.59. The van der Waals surface area contributed by atoms with Crippen molar-refractivity contribution in [2.75, 3.05) is 25.6 Å². The lowest BCUT2D eigenvalue weighted by atomic mass is 10.1. The molecule has 2 aromatic heterocycles. The Morgan fingerprint density at radius 3 is 2.67 bits per heavy atom. The van der Waals surface area contributed by atoms with Crippen LogP contribution in [-0.2, 0) is 0 Å². The summed E-state index contributed by atoms with van der Waals surface area (Å²) < 4.78 is 34.3. The molecule has 0 atom stereocenters. The van der Waals surface area contributed by atoms with Crippen molar-refractivity contribution >= 4 is 5.69 Å². The van der Waals surface area contributed by atoms with Crippen LogP contribution in [0.1, 0.15) is 5.56 Å². The molecule has 3 aromatic rings. The maximum absolute atomic E-state index is 12.1. The lowest BCUT2D eigenvalue weighted by molar-refractivity contribution is 0.0794. The van der Waals surface area contributed by atoms with Crippen molar-refractivity contribution < 1.29 is 18.0 Å². The Hall–Kier alpha value is -3.61. The highest BCUT2D eigenvalue weighted by molar-refractivity contribution is 5.66. The van der Waals surface area contributed by atoms with Crippen molar-refractivity contribution in [2.24, 2.45) is 0 Å². The van der Waals surface area contributed by atoms with Crippen molar-refractivity contribution in [1.82, 2.24) is 20.1 Å². The number of rotatable bonds is 6. The quantitative estimate of drug-likeness (QED) is 0.651. The maximum atomic E-state index is 12.1. The van der Waals surface area contributed by atoms with Crippen LogP contribution in [0, 0.1) is 11.3 Å². The highest BCUT2D eigenvalue weighted by Crippen LogP contribution is 2.26. The van der Waals surface area contributed by atoms with Gasteiger partial charge >= 0.3 is 0 Å². The molecule has 0 saturated heterocycles. The van der Waals surface area contributed by atoms with E-state index in [-0.39, 0.29) is 17.6 Å². The van der Waals surface area contributed by atoms with Gasteiger partial charge in [0.05, 0.1) is 24.0 Å². The van der Waals surface area contributed by atoms with E-state index in [1.807, 2.05) is 25.1 Å². The largest absolute Gasteiger partial charge is 0.470 e. The van der Waals surface area contributed by atoms with Gasteiger partial charge < -0.3 is 14.2 Å². The minimum Gasteiger partial charge on any atom is -0.470 e. The second kappa shape index (κ2) is 7.74. The molecule has 2 heterocycles. The van der Waals surface area contributed by atoms with Gasteiger partial charge in [-0.1, -0.05) is 5.16 Å². The summed E-state index contributed by atoms with van der Waals surface area (Å²) in [5, 5.41) is 13.0. The van der Waals surface area contributed by atoms with Crippen molar-refractivity contribution in [2.45, 2.75) is 6.43 Å². The molecular weight excluding hydrogens is 358 g/mol. The van der Waals surface area contributed by atoms with E-state index in [9.17, 15) is 14.0 Å². The van der Waals surface area contributed by atoms with Crippen LogP contribution in [0.15, 0.2) is 35.1 Å². The summed E-state index contributed by atoms with van der Waals surface area (Å²) in [5.41, 5.74) is 2.14. The highest BCUT2D eigenvalue weighted by atomic mass is 19.3. The number of hydrogen-bond donors (Lipinski definition) is 0. The Balaban J connectivity index is 1.85. The Morgan fingerprint density at radius 2 is 2.04 bits per heavy atom. The fourth-order valence-corrected chi connectivity index (χ4v) is 2.16. The van der Waals surface area contributed by atoms with Crippen LogP contribution in [0.4, 0.5) is 14.5 Å². The number of nitriles is 1. The van der Waals surface area contributed by atoms with Crippen LogP contribution in [-0.4, -0.2) is 47.2 Å². The second-order valence-corrected chi connectivity index (χ2v) is 5.64. The summed E-state index contributed by atoms with van der Waals surface area (Å²) in [4.78, 5) is 14.0. The van der Waals surface area contributed by atoms with Gasteiger partial charge in [-0.2, -0.15) is 10.2 Å². The number of halogens is 2. The van der Waals surface area contributed by atoms with Gasteiger partial charge in [0.1, 0.15) is 5.69 Å². The number of anilines is 1. The molecular formula is C17H14F2N6O2. The number of aromatic nitrogens is 4. The van der Waals surface area contributed by atoms with Crippen LogP contribution >= 0.6 is 0 Å². The molecule has 0 radical (unpaired) electrons. The van der Waals surface area contributed by atoms with Gasteiger partial charge in [-0.25, -0.2) is 18.7 Å². The van der Waals surface area contributed by atoms with Crippen LogP contribution in [0.25, 0.3) is 23.0 Å². The summed E-state index contributed by atoms with van der Waals surface area (Å²) >= 11 is 0. The highest BCUT2D eigenvalue weighted by Gasteiger charge is 2.15. The van der Waals surface area contributed by atoms with E-state index in [2.05, 4.69) is 26.2 Å². The number of benzene rings is 1. The summed E-state index contributed by atoms with van der Waals surface area (Å²) in [6, 6.07) is 7.28. The smallest absolute Gasteiger partial charge is 0.272 e. The van der Waals surface area contributed by atoms with Crippen molar-refractivity contribution in [3.05, 3.63) is 36.2 Å². The van der Waals surface area contributed by atoms with Crippen LogP contribution in [0.3, 0.4) is 0 Å².